The summed E-state index contributed by atoms with van der Waals surface area (Å²) in [6.45, 7) is 6.57. The molecule has 0 spiro atoms. The van der Waals surface area contributed by atoms with Crippen LogP contribution in [0.4, 0.5) is 17.1 Å². The van der Waals surface area contributed by atoms with Crippen molar-refractivity contribution in [2.75, 3.05) is 43.1 Å². The Kier molecular flexibility index (Phi) is 5.94. The lowest BCUT2D eigenvalue weighted by Gasteiger charge is -2.30. The Bertz CT molecular complexity index is 1000. The first-order valence-electron chi connectivity index (χ1n) is 10.3. The maximum absolute atomic E-state index is 13.3. The topological polar surface area (TPSA) is 103 Å². The van der Waals surface area contributed by atoms with Gasteiger partial charge in [-0.2, -0.15) is 0 Å². The zero-order chi connectivity index (χ0) is 22.0. The summed E-state index contributed by atoms with van der Waals surface area (Å²) in [5.41, 5.74) is 2.22. The van der Waals surface area contributed by atoms with Gasteiger partial charge >= 0.3 is 0 Å². The number of ether oxygens (including phenoxy) is 3. The Hall–Kier alpha value is -3.33. The number of carbonyl (C=O) groups excluding carboxylic acids is 1. The highest BCUT2D eigenvalue weighted by atomic mass is 16.6. The molecule has 2 aliphatic rings. The molecule has 0 aromatic heterocycles. The molecular weight excluding hydrogens is 402 g/mol. The highest BCUT2D eigenvalue weighted by molar-refractivity contribution is 6.09. The summed E-state index contributed by atoms with van der Waals surface area (Å²) in [5, 5.41) is 14.2. The van der Waals surface area contributed by atoms with Crippen LogP contribution in [0.2, 0.25) is 0 Å². The molecule has 1 atom stereocenters. The molecule has 0 radical (unpaired) electrons. The number of nitrogens with one attached hydrogen (secondary N) is 1. The van der Waals surface area contributed by atoms with E-state index in [1.807, 2.05) is 24.8 Å². The quantitative estimate of drug-likeness (QED) is 0.557. The smallest absolute Gasteiger partial charge is 0.270 e. The van der Waals surface area contributed by atoms with Gasteiger partial charge in [-0.25, -0.2) is 0 Å². The molecule has 0 bridgehead atoms. The van der Waals surface area contributed by atoms with Gasteiger partial charge in [0.05, 0.1) is 41.7 Å². The van der Waals surface area contributed by atoms with Gasteiger partial charge in [0, 0.05) is 43.3 Å². The van der Waals surface area contributed by atoms with E-state index in [0.717, 1.165) is 12.0 Å². The standard InChI is InChI=1S/C22H25N3O6/c1-3-30-21-11-15-10-14(2)31-20(15)13-18(21)23-22(26)17-12-16(25(27)28)4-5-19(17)24-6-8-29-9-7-24/h4-5,11-14H,3,6-10H2,1-2H3,(H,23,26). The first kappa shape index (κ1) is 20.9. The minimum absolute atomic E-state index is 0.0557. The Morgan fingerprint density at radius 2 is 2.06 bits per heavy atom. The number of benzene rings is 2. The molecular formula is C22H25N3O6. The SMILES string of the molecule is CCOc1cc2c(cc1NC(=O)c1cc([N+](=O)[O-])ccc1N1CCOCC1)OC(C)C2. The number of nitro groups is 1. The highest BCUT2D eigenvalue weighted by Crippen LogP contribution is 2.38. The number of hydrogen-bond donors (Lipinski definition) is 1. The number of anilines is 2. The van der Waals surface area contributed by atoms with Crippen molar-refractivity contribution < 1.29 is 23.9 Å². The third kappa shape index (κ3) is 4.41. The molecule has 1 unspecified atom stereocenters. The van der Waals surface area contributed by atoms with Crippen LogP contribution in [0.25, 0.3) is 0 Å². The monoisotopic (exact) mass is 427 g/mol. The number of fused-ring (bicyclic) bond motifs is 1. The number of amides is 1. The third-order valence-electron chi connectivity index (χ3n) is 5.33. The largest absolute Gasteiger partial charge is 0.492 e. The van der Waals surface area contributed by atoms with E-state index in [9.17, 15) is 14.9 Å². The molecule has 0 saturated carbocycles. The van der Waals surface area contributed by atoms with Crippen LogP contribution in [0, 0.1) is 10.1 Å². The number of morpholine rings is 1. The molecule has 2 aliphatic heterocycles. The molecule has 9 heteroatoms. The summed E-state index contributed by atoms with van der Waals surface area (Å²) in [7, 11) is 0. The Morgan fingerprint density at radius 1 is 1.29 bits per heavy atom. The summed E-state index contributed by atoms with van der Waals surface area (Å²) < 4.78 is 16.9. The summed E-state index contributed by atoms with van der Waals surface area (Å²) in [4.78, 5) is 26.1. The van der Waals surface area contributed by atoms with Gasteiger partial charge in [0.1, 0.15) is 17.6 Å². The van der Waals surface area contributed by atoms with E-state index >= 15 is 0 Å². The van der Waals surface area contributed by atoms with Crippen LogP contribution in [-0.4, -0.2) is 49.8 Å². The lowest BCUT2D eigenvalue weighted by atomic mass is 10.1. The van der Waals surface area contributed by atoms with Gasteiger partial charge in [-0.3, -0.25) is 14.9 Å². The number of rotatable bonds is 6. The van der Waals surface area contributed by atoms with E-state index < -0.39 is 10.8 Å². The number of hydrogen-bond acceptors (Lipinski definition) is 7. The van der Waals surface area contributed by atoms with E-state index in [4.69, 9.17) is 14.2 Å². The summed E-state index contributed by atoms with van der Waals surface area (Å²) in [6.07, 6.45) is 0.829. The van der Waals surface area contributed by atoms with Crippen LogP contribution in [0.5, 0.6) is 11.5 Å². The summed E-state index contributed by atoms with van der Waals surface area (Å²) in [5.74, 6) is 0.807. The van der Waals surface area contributed by atoms with Crippen LogP contribution in [0.1, 0.15) is 29.8 Å². The zero-order valence-electron chi connectivity index (χ0n) is 17.6. The van der Waals surface area contributed by atoms with Crippen LogP contribution in [0.15, 0.2) is 30.3 Å². The van der Waals surface area contributed by atoms with Crippen molar-refractivity contribution in [2.45, 2.75) is 26.4 Å². The fraction of sp³-hybridized carbons (Fsp3) is 0.409. The number of carbonyl (C=O) groups is 1. The van der Waals surface area contributed by atoms with Gasteiger partial charge < -0.3 is 24.4 Å². The predicted molar refractivity (Wildman–Crippen MR) is 115 cm³/mol. The maximum atomic E-state index is 13.3. The van der Waals surface area contributed by atoms with Crippen molar-refractivity contribution in [1.82, 2.24) is 0 Å². The number of nitro benzene ring substituents is 1. The second-order valence-electron chi connectivity index (χ2n) is 7.53. The molecule has 1 saturated heterocycles. The van der Waals surface area contributed by atoms with E-state index in [2.05, 4.69) is 5.32 Å². The summed E-state index contributed by atoms with van der Waals surface area (Å²) >= 11 is 0. The molecule has 9 nitrogen and oxygen atoms in total. The second-order valence-corrected chi connectivity index (χ2v) is 7.53. The van der Waals surface area contributed by atoms with E-state index in [-0.39, 0.29) is 17.4 Å². The van der Waals surface area contributed by atoms with Crippen LogP contribution in [0.3, 0.4) is 0 Å². The average Bonchev–Trinajstić information content (AvgIpc) is 3.13. The molecule has 4 rings (SSSR count). The van der Waals surface area contributed by atoms with E-state index in [0.29, 0.717) is 55.8 Å². The molecule has 1 N–H and O–H groups in total. The minimum atomic E-state index is -0.504. The Labute approximate surface area is 180 Å². The van der Waals surface area contributed by atoms with Gasteiger partial charge in [0.15, 0.2) is 0 Å². The second kappa shape index (κ2) is 8.81. The van der Waals surface area contributed by atoms with Gasteiger partial charge in [-0.05, 0) is 26.0 Å². The van der Waals surface area contributed by atoms with Crippen LogP contribution in [-0.2, 0) is 11.2 Å². The van der Waals surface area contributed by atoms with Gasteiger partial charge in [0.2, 0.25) is 0 Å². The summed E-state index contributed by atoms with van der Waals surface area (Å²) in [6, 6.07) is 7.99. The van der Waals surface area contributed by atoms with Crippen molar-refractivity contribution in [1.29, 1.82) is 0 Å². The lowest BCUT2D eigenvalue weighted by molar-refractivity contribution is -0.384. The van der Waals surface area contributed by atoms with Gasteiger partial charge in [-0.1, -0.05) is 0 Å². The van der Waals surface area contributed by atoms with Crippen molar-refractivity contribution >= 4 is 23.0 Å². The van der Waals surface area contributed by atoms with Gasteiger partial charge in [-0.15, -0.1) is 0 Å². The average molecular weight is 427 g/mol. The lowest BCUT2D eigenvalue weighted by Crippen LogP contribution is -2.37. The maximum Gasteiger partial charge on any atom is 0.270 e. The van der Waals surface area contributed by atoms with Crippen molar-refractivity contribution in [2.24, 2.45) is 0 Å². The molecule has 164 valence electrons. The molecule has 2 heterocycles. The molecule has 1 fully saturated rings. The molecule has 2 aromatic rings. The van der Waals surface area contributed by atoms with Gasteiger partial charge in [0.25, 0.3) is 11.6 Å². The predicted octanol–water partition coefficient (Wildman–Crippen LogP) is 3.41. The van der Waals surface area contributed by atoms with E-state index in [1.54, 1.807) is 12.1 Å². The van der Waals surface area contributed by atoms with Crippen LogP contribution < -0.4 is 19.7 Å². The minimum Gasteiger partial charge on any atom is -0.492 e. The van der Waals surface area contributed by atoms with Crippen molar-refractivity contribution in [3.05, 3.63) is 51.6 Å². The fourth-order valence-electron chi connectivity index (χ4n) is 3.90. The fourth-order valence-corrected chi connectivity index (χ4v) is 3.90. The highest BCUT2D eigenvalue weighted by Gasteiger charge is 2.25. The zero-order valence-corrected chi connectivity index (χ0v) is 17.6. The Balaban J connectivity index is 1.69. The normalized spacial score (nSPS) is 17.6. The first-order valence-corrected chi connectivity index (χ1v) is 10.3. The molecule has 31 heavy (non-hydrogen) atoms. The molecule has 2 aromatic carbocycles. The molecule has 0 aliphatic carbocycles. The first-order chi connectivity index (χ1) is 15.0. The third-order valence-corrected chi connectivity index (χ3v) is 5.33. The number of non-ortho nitro benzene ring substituents is 1. The van der Waals surface area contributed by atoms with Crippen LogP contribution >= 0.6 is 0 Å². The number of nitrogens with zero attached hydrogens (tertiary/aromatic N) is 2. The Morgan fingerprint density at radius 3 is 2.77 bits per heavy atom. The molecule has 1 amide bonds. The van der Waals surface area contributed by atoms with Crippen molar-refractivity contribution in [3.63, 3.8) is 0 Å². The van der Waals surface area contributed by atoms with E-state index in [1.165, 1.54) is 12.1 Å². The van der Waals surface area contributed by atoms with Crippen molar-refractivity contribution in [3.8, 4) is 11.5 Å².